The predicted octanol–water partition coefficient (Wildman–Crippen LogP) is 2.88. The van der Waals surface area contributed by atoms with Crippen LogP contribution in [0.15, 0.2) is 47.1 Å². The molecule has 0 radical (unpaired) electrons. The largest absolute Gasteiger partial charge is 0.468 e. The Morgan fingerprint density at radius 2 is 2.00 bits per heavy atom. The summed E-state index contributed by atoms with van der Waals surface area (Å²) in [6.07, 6.45) is 1.62. The van der Waals surface area contributed by atoms with Crippen molar-refractivity contribution in [3.63, 3.8) is 0 Å². The fourth-order valence-electron chi connectivity index (χ4n) is 1.73. The number of carbonyl (C=O) groups is 1. The van der Waals surface area contributed by atoms with Gasteiger partial charge in [-0.25, -0.2) is 0 Å². The highest BCUT2D eigenvalue weighted by Gasteiger charge is 2.09. The first-order chi connectivity index (χ1) is 9.15. The number of amides is 1. The van der Waals surface area contributed by atoms with Crippen molar-refractivity contribution in [1.29, 1.82) is 0 Å². The van der Waals surface area contributed by atoms with E-state index in [0.717, 1.165) is 11.4 Å². The average Bonchev–Trinajstić information content (AvgIpc) is 2.93. The Morgan fingerprint density at radius 1 is 1.26 bits per heavy atom. The Hall–Kier alpha value is -2.07. The average molecular weight is 258 g/mol. The molecule has 1 amide bonds. The van der Waals surface area contributed by atoms with Gasteiger partial charge in [0.25, 0.3) is 0 Å². The summed E-state index contributed by atoms with van der Waals surface area (Å²) in [5.74, 6) is 0.755. The van der Waals surface area contributed by atoms with Crippen LogP contribution in [-0.2, 0) is 4.79 Å². The van der Waals surface area contributed by atoms with Crippen LogP contribution in [0.4, 0.5) is 5.69 Å². The summed E-state index contributed by atoms with van der Waals surface area (Å²) < 4.78 is 5.26. The van der Waals surface area contributed by atoms with Crippen molar-refractivity contribution in [2.45, 2.75) is 19.9 Å². The molecule has 0 saturated carbocycles. The van der Waals surface area contributed by atoms with Gasteiger partial charge < -0.3 is 9.73 Å². The van der Waals surface area contributed by atoms with E-state index in [-0.39, 0.29) is 18.5 Å². The van der Waals surface area contributed by atoms with Crippen molar-refractivity contribution in [3.8, 4) is 0 Å². The zero-order valence-electron chi connectivity index (χ0n) is 11.1. The molecule has 1 unspecified atom stereocenters. The second kappa shape index (κ2) is 6.20. The predicted molar refractivity (Wildman–Crippen MR) is 74.9 cm³/mol. The van der Waals surface area contributed by atoms with Crippen LogP contribution in [0, 0.1) is 6.92 Å². The van der Waals surface area contributed by atoms with E-state index in [0.29, 0.717) is 0 Å². The summed E-state index contributed by atoms with van der Waals surface area (Å²) in [5, 5.41) is 5.95. The van der Waals surface area contributed by atoms with Crippen LogP contribution < -0.4 is 10.6 Å². The lowest BCUT2D eigenvalue weighted by Crippen LogP contribution is -2.29. The number of anilines is 1. The molecule has 4 nitrogen and oxygen atoms in total. The quantitative estimate of drug-likeness (QED) is 0.867. The Morgan fingerprint density at radius 3 is 2.63 bits per heavy atom. The van der Waals surface area contributed by atoms with Crippen LogP contribution >= 0.6 is 0 Å². The van der Waals surface area contributed by atoms with Crippen molar-refractivity contribution < 1.29 is 9.21 Å². The smallest absolute Gasteiger partial charge is 0.238 e. The Kier molecular flexibility index (Phi) is 4.36. The molecule has 100 valence electrons. The first kappa shape index (κ1) is 13.4. The Bertz CT molecular complexity index is 518. The zero-order chi connectivity index (χ0) is 13.7. The topological polar surface area (TPSA) is 54.3 Å². The fourth-order valence-corrected chi connectivity index (χ4v) is 1.73. The highest BCUT2D eigenvalue weighted by atomic mass is 16.3. The molecule has 0 saturated heterocycles. The first-order valence-electron chi connectivity index (χ1n) is 6.28. The second-order valence-electron chi connectivity index (χ2n) is 4.53. The van der Waals surface area contributed by atoms with Gasteiger partial charge in [-0.1, -0.05) is 17.7 Å². The molecule has 1 atom stereocenters. The lowest BCUT2D eigenvalue weighted by atomic mass is 10.2. The van der Waals surface area contributed by atoms with Gasteiger partial charge in [-0.2, -0.15) is 0 Å². The van der Waals surface area contributed by atoms with Crippen LogP contribution in [0.5, 0.6) is 0 Å². The number of rotatable bonds is 5. The molecule has 2 aromatic rings. The third kappa shape index (κ3) is 3.96. The molecule has 0 spiro atoms. The summed E-state index contributed by atoms with van der Waals surface area (Å²) in [4.78, 5) is 11.8. The van der Waals surface area contributed by atoms with Crippen LogP contribution in [0.3, 0.4) is 0 Å². The van der Waals surface area contributed by atoms with E-state index in [1.165, 1.54) is 5.56 Å². The third-order valence-electron chi connectivity index (χ3n) is 2.87. The minimum Gasteiger partial charge on any atom is -0.468 e. The third-order valence-corrected chi connectivity index (χ3v) is 2.87. The molecule has 1 heterocycles. The summed E-state index contributed by atoms with van der Waals surface area (Å²) in [6, 6.07) is 11.4. The molecule has 1 aromatic heterocycles. The van der Waals surface area contributed by atoms with Crippen molar-refractivity contribution in [2.24, 2.45) is 0 Å². The monoisotopic (exact) mass is 258 g/mol. The van der Waals surface area contributed by atoms with Gasteiger partial charge >= 0.3 is 0 Å². The van der Waals surface area contributed by atoms with Crippen LogP contribution in [0.2, 0.25) is 0 Å². The normalized spacial score (nSPS) is 12.1. The Balaban J connectivity index is 1.80. The van der Waals surface area contributed by atoms with Crippen molar-refractivity contribution in [2.75, 3.05) is 11.9 Å². The van der Waals surface area contributed by atoms with Crippen LogP contribution in [-0.4, -0.2) is 12.5 Å². The van der Waals surface area contributed by atoms with Gasteiger partial charge in [0.05, 0.1) is 18.8 Å². The molecule has 4 heteroatoms. The summed E-state index contributed by atoms with van der Waals surface area (Å²) in [7, 11) is 0. The Labute approximate surface area is 112 Å². The molecule has 0 fully saturated rings. The molecule has 0 aliphatic heterocycles. The van der Waals surface area contributed by atoms with Gasteiger partial charge in [-0.05, 0) is 38.1 Å². The molecular weight excluding hydrogens is 240 g/mol. The maximum Gasteiger partial charge on any atom is 0.238 e. The van der Waals surface area contributed by atoms with Gasteiger partial charge in [0.15, 0.2) is 0 Å². The van der Waals surface area contributed by atoms with Crippen LogP contribution in [0.25, 0.3) is 0 Å². The minimum absolute atomic E-state index is 0.0127. The molecule has 0 aliphatic carbocycles. The molecule has 1 aromatic carbocycles. The van der Waals surface area contributed by atoms with Crippen molar-refractivity contribution in [1.82, 2.24) is 5.32 Å². The van der Waals surface area contributed by atoms with E-state index >= 15 is 0 Å². The number of nitrogens with one attached hydrogen (secondary N) is 2. The number of aryl methyl sites for hydroxylation is 1. The highest BCUT2D eigenvalue weighted by Crippen LogP contribution is 2.12. The van der Waals surface area contributed by atoms with Gasteiger partial charge in [0.2, 0.25) is 5.91 Å². The number of furan rings is 1. The van der Waals surface area contributed by atoms with Gasteiger partial charge in [0.1, 0.15) is 5.76 Å². The lowest BCUT2D eigenvalue weighted by Gasteiger charge is -2.11. The minimum atomic E-state index is -0.0674. The zero-order valence-corrected chi connectivity index (χ0v) is 11.1. The maximum absolute atomic E-state index is 11.8. The van der Waals surface area contributed by atoms with Crippen molar-refractivity contribution >= 4 is 11.6 Å². The number of carbonyl (C=O) groups excluding carboxylic acids is 1. The van der Waals surface area contributed by atoms with E-state index in [9.17, 15) is 4.79 Å². The SMILES string of the molecule is Cc1ccc(NC(=O)CNC(C)c2ccco2)cc1. The lowest BCUT2D eigenvalue weighted by molar-refractivity contribution is -0.115. The molecule has 0 bridgehead atoms. The molecule has 2 rings (SSSR count). The maximum atomic E-state index is 11.8. The standard InChI is InChI=1S/C15H18N2O2/c1-11-5-7-13(8-6-11)17-15(18)10-16-12(2)14-4-3-9-19-14/h3-9,12,16H,10H2,1-2H3,(H,17,18). The van der Waals surface area contributed by atoms with Gasteiger partial charge in [-0.3, -0.25) is 10.1 Å². The summed E-state index contributed by atoms with van der Waals surface area (Å²) >= 11 is 0. The number of hydrogen-bond acceptors (Lipinski definition) is 3. The highest BCUT2D eigenvalue weighted by molar-refractivity contribution is 5.92. The van der Waals surface area contributed by atoms with Gasteiger partial charge in [-0.15, -0.1) is 0 Å². The molecular formula is C15H18N2O2. The van der Waals surface area contributed by atoms with E-state index < -0.39 is 0 Å². The molecule has 0 aliphatic rings. The van der Waals surface area contributed by atoms with Crippen molar-refractivity contribution in [3.05, 3.63) is 54.0 Å². The van der Waals surface area contributed by atoms with Crippen LogP contribution in [0.1, 0.15) is 24.3 Å². The summed E-state index contributed by atoms with van der Waals surface area (Å²) in [5.41, 5.74) is 1.98. The van der Waals surface area contributed by atoms with E-state index in [1.807, 2.05) is 50.2 Å². The van der Waals surface area contributed by atoms with E-state index in [1.54, 1.807) is 6.26 Å². The van der Waals surface area contributed by atoms with Gasteiger partial charge in [0, 0.05) is 5.69 Å². The van der Waals surface area contributed by atoms with E-state index in [4.69, 9.17) is 4.42 Å². The number of benzene rings is 1. The second-order valence-corrected chi connectivity index (χ2v) is 4.53. The fraction of sp³-hybridized carbons (Fsp3) is 0.267. The van der Waals surface area contributed by atoms with E-state index in [2.05, 4.69) is 10.6 Å². The molecule has 19 heavy (non-hydrogen) atoms. The molecule has 2 N–H and O–H groups in total. The summed E-state index contributed by atoms with van der Waals surface area (Å²) in [6.45, 7) is 4.21. The number of hydrogen-bond donors (Lipinski definition) is 2. The first-order valence-corrected chi connectivity index (χ1v) is 6.28.